The van der Waals surface area contributed by atoms with Crippen molar-refractivity contribution in [3.63, 3.8) is 0 Å². The molecule has 0 radical (unpaired) electrons. The third-order valence-electron chi connectivity index (χ3n) is 6.12. The van der Waals surface area contributed by atoms with Crippen molar-refractivity contribution in [2.75, 3.05) is 6.61 Å². The number of fused-ring (bicyclic) bond motifs is 3. The van der Waals surface area contributed by atoms with Crippen molar-refractivity contribution in [1.82, 2.24) is 0 Å². The Balaban J connectivity index is 2.12. The van der Waals surface area contributed by atoms with E-state index in [-0.39, 0.29) is 5.41 Å². The lowest BCUT2D eigenvalue weighted by atomic mass is 9.54. The zero-order chi connectivity index (χ0) is 15.2. The van der Waals surface area contributed by atoms with E-state index in [0.717, 1.165) is 18.4 Å². The van der Waals surface area contributed by atoms with Gasteiger partial charge in [0, 0.05) is 6.61 Å². The molecule has 1 aromatic rings. The molecular formula is C19H28O2. The van der Waals surface area contributed by atoms with Crippen molar-refractivity contribution in [3.8, 4) is 5.75 Å². The lowest BCUT2D eigenvalue weighted by Gasteiger charge is -2.50. The summed E-state index contributed by atoms with van der Waals surface area (Å²) in [6.45, 7) is 7.05. The number of benzene rings is 1. The van der Waals surface area contributed by atoms with Gasteiger partial charge in [-0.25, -0.2) is 0 Å². The topological polar surface area (TPSA) is 40.5 Å². The van der Waals surface area contributed by atoms with E-state index in [4.69, 9.17) is 0 Å². The fourth-order valence-corrected chi connectivity index (χ4v) is 5.15. The summed E-state index contributed by atoms with van der Waals surface area (Å²) in [6, 6.07) is 4.05. The van der Waals surface area contributed by atoms with Crippen LogP contribution in [0.2, 0.25) is 0 Å². The van der Waals surface area contributed by atoms with Gasteiger partial charge in [-0.15, -0.1) is 0 Å². The summed E-state index contributed by atoms with van der Waals surface area (Å²) in [5, 5.41) is 20.0. The second-order valence-electron chi connectivity index (χ2n) is 7.58. The van der Waals surface area contributed by atoms with Crippen LogP contribution in [0.15, 0.2) is 12.1 Å². The molecule has 3 rings (SSSR count). The molecule has 2 aliphatic rings. The highest BCUT2D eigenvalue weighted by molar-refractivity contribution is 5.50. The molecule has 2 nitrogen and oxygen atoms in total. The summed E-state index contributed by atoms with van der Waals surface area (Å²) in [6.07, 6.45) is 5.78. The average Bonchev–Trinajstić information content (AvgIpc) is 2.44. The van der Waals surface area contributed by atoms with Crippen LogP contribution < -0.4 is 0 Å². The number of aliphatic hydroxyl groups excluding tert-OH is 1. The van der Waals surface area contributed by atoms with Crippen LogP contribution in [0.4, 0.5) is 0 Å². The van der Waals surface area contributed by atoms with Crippen molar-refractivity contribution in [1.29, 1.82) is 0 Å². The van der Waals surface area contributed by atoms with Gasteiger partial charge in [-0.05, 0) is 71.6 Å². The third kappa shape index (κ3) is 2.19. The van der Waals surface area contributed by atoms with Gasteiger partial charge in [-0.3, -0.25) is 0 Å². The minimum Gasteiger partial charge on any atom is -0.508 e. The Kier molecular flexibility index (Phi) is 3.77. The molecule has 1 unspecified atom stereocenters. The van der Waals surface area contributed by atoms with Crippen LogP contribution in [0.3, 0.4) is 0 Å². The molecule has 3 atom stereocenters. The molecule has 0 aromatic heterocycles. The van der Waals surface area contributed by atoms with Crippen LogP contribution in [0.25, 0.3) is 0 Å². The molecular weight excluding hydrogens is 260 g/mol. The highest BCUT2D eigenvalue weighted by Gasteiger charge is 2.46. The first-order valence-electron chi connectivity index (χ1n) is 8.45. The third-order valence-corrected chi connectivity index (χ3v) is 6.12. The summed E-state index contributed by atoms with van der Waals surface area (Å²) in [5.74, 6) is 1.86. The Labute approximate surface area is 128 Å². The summed E-state index contributed by atoms with van der Waals surface area (Å²) in [4.78, 5) is 0. The second-order valence-corrected chi connectivity index (χ2v) is 7.58. The van der Waals surface area contributed by atoms with Crippen LogP contribution in [0.1, 0.15) is 69.1 Å². The molecule has 0 saturated heterocycles. The van der Waals surface area contributed by atoms with Gasteiger partial charge in [0.15, 0.2) is 0 Å². The van der Waals surface area contributed by atoms with Crippen LogP contribution in [-0.4, -0.2) is 16.8 Å². The Hall–Kier alpha value is -1.02. The average molecular weight is 288 g/mol. The number of hydrogen-bond acceptors (Lipinski definition) is 2. The molecule has 0 spiro atoms. The molecule has 1 fully saturated rings. The van der Waals surface area contributed by atoms with Crippen LogP contribution in [-0.2, 0) is 11.8 Å². The van der Waals surface area contributed by atoms with Gasteiger partial charge >= 0.3 is 0 Å². The van der Waals surface area contributed by atoms with E-state index in [1.54, 1.807) is 0 Å². The van der Waals surface area contributed by atoms with E-state index >= 15 is 0 Å². The van der Waals surface area contributed by atoms with Crippen LogP contribution in [0.5, 0.6) is 5.75 Å². The first kappa shape index (κ1) is 14.9. The van der Waals surface area contributed by atoms with Gasteiger partial charge < -0.3 is 10.2 Å². The van der Waals surface area contributed by atoms with Gasteiger partial charge in [0.25, 0.3) is 0 Å². The fraction of sp³-hybridized carbons (Fsp3) is 0.684. The van der Waals surface area contributed by atoms with Crippen molar-refractivity contribution >= 4 is 0 Å². The van der Waals surface area contributed by atoms with Crippen molar-refractivity contribution in [2.24, 2.45) is 11.8 Å². The van der Waals surface area contributed by atoms with E-state index in [9.17, 15) is 10.2 Å². The summed E-state index contributed by atoms with van der Waals surface area (Å²) in [5.41, 5.74) is 4.16. The fourth-order valence-electron chi connectivity index (χ4n) is 5.15. The van der Waals surface area contributed by atoms with Crippen LogP contribution >= 0.6 is 0 Å². The number of phenols is 1. The lowest BCUT2D eigenvalue weighted by molar-refractivity contribution is 0.0606. The second kappa shape index (κ2) is 5.31. The molecule has 0 bridgehead atoms. The highest BCUT2D eigenvalue weighted by Crippen LogP contribution is 2.53. The number of rotatable bonds is 2. The molecule has 0 aliphatic heterocycles. The molecule has 21 heavy (non-hydrogen) atoms. The number of phenolic OH excluding ortho intramolecular Hbond substituents is 1. The molecule has 1 saturated carbocycles. The van der Waals surface area contributed by atoms with Gasteiger partial charge in [-0.2, -0.15) is 0 Å². The van der Waals surface area contributed by atoms with E-state index in [1.165, 1.54) is 30.4 Å². The predicted octanol–water partition coefficient (Wildman–Crippen LogP) is 4.13. The first-order chi connectivity index (χ1) is 9.99. The smallest absolute Gasteiger partial charge is 0.119 e. The van der Waals surface area contributed by atoms with E-state index in [1.807, 2.05) is 6.07 Å². The molecule has 0 amide bonds. The van der Waals surface area contributed by atoms with Crippen molar-refractivity contribution in [3.05, 3.63) is 28.8 Å². The summed E-state index contributed by atoms with van der Waals surface area (Å²) < 4.78 is 0. The largest absolute Gasteiger partial charge is 0.508 e. The SMILES string of the molecule is CC(C)c1c(O)ccc2c1CC[C@H]1C(CO)CCC[C@]21C. The Morgan fingerprint density at radius 1 is 1.29 bits per heavy atom. The summed E-state index contributed by atoms with van der Waals surface area (Å²) in [7, 11) is 0. The lowest BCUT2D eigenvalue weighted by Crippen LogP contribution is -2.45. The quantitative estimate of drug-likeness (QED) is 0.859. The van der Waals surface area contributed by atoms with Crippen LogP contribution in [0, 0.1) is 11.8 Å². The van der Waals surface area contributed by atoms with E-state index in [0.29, 0.717) is 30.1 Å². The number of aliphatic hydroxyl groups is 1. The van der Waals surface area contributed by atoms with Gasteiger partial charge in [0.1, 0.15) is 5.75 Å². The molecule has 2 aliphatic carbocycles. The number of aromatic hydroxyl groups is 1. The minimum atomic E-state index is 0.177. The number of hydrogen-bond donors (Lipinski definition) is 2. The van der Waals surface area contributed by atoms with Crippen molar-refractivity contribution < 1.29 is 10.2 Å². The highest BCUT2D eigenvalue weighted by atomic mass is 16.3. The van der Waals surface area contributed by atoms with Gasteiger partial charge in [0.05, 0.1) is 0 Å². The maximum atomic E-state index is 10.3. The Bertz CT molecular complexity index is 535. The molecule has 116 valence electrons. The van der Waals surface area contributed by atoms with E-state index < -0.39 is 0 Å². The maximum absolute atomic E-state index is 10.3. The molecule has 2 heteroatoms. The summed E-state index contributed by atoms with van der Waals surface area (Å²) >= 11 is 0. The molecule has 2 N–H and O–H groups in total. The Morgan fingerprint density at radius 3 is 2.71 bits per heavy atom. The standard InChI is InChI=1S/C19H28O2/c1-12(2)18-14-6-7-15-13(11-20)5-4-10-19(15,3)16(14)8-9-17(18)21/h8-9,12-13,15,20-21H,4-7,10-11H2,1-3H3/t13?,15-,19-/m0/s1. The molecule has 1 aromatic carbocycles. The zero-order valence-electron chi connectivity index (χ0n) is 13.5. The molecule has 0 heterocycles. The normalized spacial score (nSPS) is 31.9. The van der Waals surface area contributed by atoms with Gasteiger partial charge in [0.2, 0.25) is 0 Å². The Morgan fingerprint density at radius 2 is 2.05 bits per heavy atom. The van der Waals surface area contributed by atoms with Gasteiger partial charge in [-0.1, -0.05) is 33.3 Å². The monoisotopic (exact) mass is 288 g/mol. The van der Waals surface area contributed by atoms with Crippen molar-refractivity contribution in [2.45, 2.75) is 64.2 Å². The maximum Gasteiger partial charge on any atom is 0.119 e. The minimum absolute atomic E-state index is 0.177. The first-order valence-corrected chi connectivity index (χ1v) is 8.45. The van der Waals surface area contributed by atoms with E-state index in [2.05, 4.69) is 26.8 Å². The zero-order valence-corrected chi connectivity index (χ0v) is 13.5. The predicted molar refractivity (Wildman–Crippen MR) is 85.8 cm³/mol.